The Morgan fingerprint density at radius 3 is 2.79 bits per heavy atom. The fourth-order valence-electron chi connectivity index (χ4n) is 1.35. The lowest BCUT2D eigenvalue weighted by Gasteiger charge is -2.06. The first-order chi connectivity index (χ1) is 6.77. The number of phenolic OH excluding ortho intramolecular Hbond substituents is 1. The predicted octanol–water partition coefficient (Wildman–Crippen LogP) is 1.68. The average Bonchev–Trinajstić information content (AvgIpc) is 2.21. The van der Waals surface area contributed by atoms with Gasteiger partial charge in [0.1, 0.15) is 11.5 Å². The molecule has 0 fully saturated rings. The van der Waals surface area contributed by atoms with Gasteiger partial charge in [-0.2, -0.15) is 0 Å². The van der Waals surface area contributed by atoms with Crippen LogP contribution >= 0.6 is 0 Å². The molecule has 0 saturated carbocycles. The van der Waals surface area contributed by atoms with Crippen LogP contribution in [0.2, 0.25) is 0 Å². The number of hydrogen-bond donors (Lipinski definition) is 2. The Hall–Kier alpha value is -1.22. The summed E-state index contributed by atoms with van der Waals surface area (Å²) in [7, 11) is 1.62. The van der Waals surface area contributed by atoms with Gasteiger partial charge in [0.2, 0.25) is 0 Å². The second kappa shape index (κ2) is 5.50. The van der Waals surface area contributed by atoms with Gasteiger partial charge in [-0.1, -0.05) is 0 Å². The molecule has 0 amide bonds. The van der Waals surface area contributed by atoms with Gasteiger partial charge in [0.05, 0.1) is 7.11 Å². The molecular formula is C11H17NO2. The Bertz CT molecular complexity index is 287. The molecule has 0 aliphatic heterocycles. The van der Waals surface area contributed by atoms with Crippen LogP contribution in [-0.4, -0.2) is 18.8 Å². The molecule has 0 saturated heterocycles. The van der Waals surface area contributed by atoms with E-state index in [1.807, 2.05) is 6.07 Å². The molecule has 1 aromatic rings. The Morgan fingerprint density at radius 1 is 1.36 bits per heavy atom. The molecule has 0 atom stereocenters. The first kappa shape index (κ1) is 10.9. The zero-order chi connectivity index (χ0) is 10.4. The van der Waals surface area contributed by atoms with Crippen molar-refractivity contribution in [3.05, 3.63) is 23.8 Å². The summed E-state index contributed by atoms with van der Waals surface area (Å²) < 4.78 is 5.08. The molecule has 0 aliphatic rings. The third-order valence-corrected chi connectivity index (χ3v) is 2.19. The largest absolute Gasteiger partial charge is 0.508 e. The molecule has 1 aromatic carbocycles. The molecule has 0 radical (unpaired) electrons. The Balaban J connectivity index is 2.64. The van der Waals surface area contributed by atoms with Crippen molar-refractivity contribution >= 4 is 0 Å². The van der Waals surface area contributed by atoms with Gasteiger partial charge in [0.15, 0.2) is 0 Å². The molecule has 0 aliphatic carbocycles. The van der Waals surface area contributed by atoms with Gasteiger partial charge in [0.25, 0.3) is 0 Å². The van der Waals surface area contributed by atoms with Crippen LogP contribution in [0.15, 0.2) is 18.2 Å². The maximum Gasteiger partial charge on any atom is 0.119 e. The summed E-state index contributed by atoms with van der Waals surface area (Å²) in [6.45, 7) is 0.699. The van der Waals surface area contributed by atoms with Gasteiger partial charge in [-0.25, -0.2) is 0 Å². The monoisotopic (exact) mass is 195 g/mol. The predicted molar refractivity (Wildman–Crippen MR) is 56.7 cm³/mol. The van der Waals surface area contributed by atoms with Crippen LogP contribution in [0.4, 0.5) is 0 Å². The molecule has 3 nitrogen and oxygen atoms in total. The lowest BCUT2D eigenvalue weighted by Crippen LogP contribution is -1.99. The zero-order valence-electron chi connectivity index (χ0n) is 8.49. The number of methoxy groups -OCH3 is 1. The van der Waals surface area contributed by atoms with Crippen molar-refractivity contribution in [2.75, 3.05) is 13.7 Å². The van der Waals surface area contributed by atoms with E-state index in [1.165, 1.54) is 0 Å². The van der Waals surface area contributed by atoms with E-state index in [4.69, 9.17) is 10.5 Å². The summed E-state index contributed by atoms with van der Waals surface area (Å²) in [5, 5.41) is 9.54. The molecule has 14 heavy (non-hydrogen) atoms. The van der Waals surface area contributed by atoms with E-state index in [-0.39, 0.29) is 0 Å². The second-order valence-electron chi connectivity index (χ2n) is 3.24. The van der Waals surface area contributed by atoms with Crippen molar-refractivity contribution in [2.45, 2.75) is 19.3 Å². The highest BCUT2D eigenvalue weighted by molar-refractivity contribution is 5.39. The van der Waals surface area contributed by atoms with E-state index >= 15 is 0 Å². The van der Waals surface area contributed by atoms with E-state index in [9.17, 15) is 5.11 Å². The molecule has 0 unspecified atom stereocenters. The number of unbranched alkanes of at least 4 members (excludes halogenated alkanes) is 1. The molecule has 3 heteroatoms. The molecule has 3 N–H and O–H groups in total. The number of aryl methyl sites for hydroxylation is 1. The highest BCUT2D eigenvalue weighted by atomic mass is 16.5. The van der Waals surface area contributed by atoms with Crippen molar-refractivity contribution in [3.63, 3.8) is 0 Å². The summed E-state index contributed by atoms with van der Waals surface area (Å²) in [6, 6.07) is 5.28. The summed E-state index contributed by atoms with van der Waals surface area (Å²) in [5.74, 6) is 1.12. The highest BCUT2D eigenvalue weighted by Gasteiger charge is 2.02. The van der Waals surface area contributed by atoms with Crippen molar-refractivity contribution in [2.24, 2.45) is 5.73 Å². The highest BCUT2D eigenvalue weighted by Crippen LogP contribution is 2.24. The lowest BCUT2D eigenvalue weighted by atomic mass is 10.1. The minimum atomic E-state index is 0.336. The molecule has 1 rings (SSSR count). The fraction of sp³-hybridized carbons (Fsp3) is 0.455. The second-order valence-corrected chi connectivity index (χ2v) is 3.24. The molecule has 78 valence electrons. The van der Waals surface area contributed by atoms with Crippen molar-refractivity contribution in [1.82, 2.24) is 0 Å². The zero-order valence-corrected chi connectivity index (χ0v) is 8.49. The number of hydrogen-bond acceptors (Lipinski definition) is 3. The fourth-order valence-corrected chi connectivity index (χ4v) is 1.35. The SMILES string of the molecule is COc1ccc(O)c(CCCCN)c1. The molecule has 0 aromatic heterocycles. The number of ether oxygens (including phenoxy) is 1. The van der Waals surface area contributed by atoms with Crippen molar-refractivity contribution < 1.29 is 9.84 Å². The van der Waals surface area contributed by atoms with Crippen LogP contribution < -0.4 is 10.5 Å². The topological polar surface area (TPSA) is 55.5 Å². The quantitative estimate of drug-likeness (QED) is 0.703. The molecule has 0 bridgehead atoms. The van der Waals surface area contributed by atoms with Crippen LogP contribution in [-0.2, 0) is 6.42 Å². The Kier molecular flexibility index (Phi) is 4.26. The van der Waals surface area contributed by atoms with Gasteiger partial charge in [0, 0.05) is 0 Å². The van der Waals surface area contributed by atoms with Crippen LogP contribution in [0, 0.1) is 0 Å². The number of phenols is 1. The van der Waals surface area contributed by atoms with Crippen LogP contribution in [0.5, 0.6) is 11.5 Å². The van der Waals surface area contributed by atoms with E-state index in [0.717, 1.165) is 30.6 Å². The van der Waals surface area contributed by atoms with Crippen LogP contribution in [0.1, 0.15) is 18.4 Å². The van der Waals surface area contributed by atoms with Gasteiger partial charge in [-0.3, -0.25) is 0 Å². The summed E-state index contributed by atoms with van der Waals surface area (Å²) in [6.07, 6.45) is 2.83. The summed E-state index contributed by atoms with van der Waals surface area (Å²) >= 11 is 0. The maximum absolute atomic E-state index is 9.54. The van der Waals surface area contributed by atoms with Gasteiger partial charge >= 0.3 is 0 Å². The molecule has 0 heterocycles. The van der Waals surface area contributed by atoms with Crippen molar-refractivity contribution in [1.29, 1.82) is 0 Å². The van der Waals surface area contributed by atoms with Gasteiger partial charge < -0.3 is 15.6 Å². The average molecular weight is 195 g/mol. The summed E-state index contributed by atoms with van der Waals surface area (Å²) in [5.41, 5.74) is 6.33. The molecule has 0 spiro atoms. The smallest absolute Gasteiger partial charge is 0.119 e. The minimum absolute atomic E-state index is 0.336. The number of aromatic hydroxyl groups is 1. The Labute approximate surface area is 84.5 Å². The van der Waals surface area contributed by atoms with E-state index < -0.39 is 0 Å². The lowest BCUT2D eigenvalue weighted by molar-refractivity contribution is 0.410. The molecular weight excluding hydrogens is 178 g/mol. The van der Waals surface area contributed by atoms with Crippen molar-refractivity contribution in [3.8, 4) is 11.5 Å². The third kappa shape index (κ3) is 2.92. The normalized spacial score (nSPS) is 10.1. The Morgan fingerprint density at radius 2 is 2.14 bits per heavy atom. The van der Waals surface area contributed by atoms with E-state index in [2.05, 4.69) is 0 Å². The number of benzene rings is 1. The summed E-state index contributed by atoms with van der Waals surface area (Å²) in [4.78, 5) is 0. The van der Waals surface area contributed by atoms with Crippen LogP contribution in [0.3, 0.4) is 0 Å². The minimum Gasteiger partial charge on any atom is -0.508 e. The maximum atomic E-state index is 9.54. The first-order valence-corrected chi connectivity index (χ1v) is 4.84. The third-order valence-electron chi connectivity index (χ3n) is 2.19. The van der Waals surface area contributed by atoms with E-state index in [1.54, 1.807) is 19.2 Å². The van der Waals surface area contributed by atoms with E-state index in [0.29, 0.717) is 12.3 Å². The standard InChI is InChI=1S/C11H17NO2/c1-14-10-5-6-11(13)9(8-10)4-2-3-7-12/h5-6,8,13H,2-4,7,12H2,1H3. The van der Waals surface area contributed by atoms with Gasteiger partial charge in [-0.15, -0.1) is 0 Å². The number of rotatable bonds is 5. The first-order valence-electron chi connectivity index (χ1n) is 4.84. The van der Waals surface area contributed by atoms with Crippen LogP contribution in [0.25, 0.3) is 0 Å². The number of nitrogens with two attached hydrogens (primary N) is 1. The van der Waals surface area contributed by atoms with Gasteiger partial charge in [-0.05, 0) is 49.6 Å².